The van der Waals surface area contributed by atoms with Crippen molar-refractivity contribution in [1.82, 2.24) is 5.32 Å². The van der Waals surface area contributed by atoms with E-state index in [1.54, 1.807) is 54.6 Å². The number of hydrogen-bond acceptors (Lipinski definition) is 8. The molecule has 9 nitrogen and oxygen atoms in total. The van der Waals surface area contributed by atoms with E-state index in [1.165, 1.54) is 27.7 Å². The number of aliphatic imine (C=N–C) groups is 1. The van der Waals surface area contributed by atoms with E-state index in [-0.39, 0.29) is 16.9 Å². The zero-order valence-corrected chi connectivity index (χ0v) is 25.5. The summed E-state index contributed by atoms with van der Waals surface area (Å²) in [6.07, 6.45) is 2.34. The first-order valence-corrected chi connectivity index (χ1v) is 14.1. The molecule has 0 saturated heterocycles. The van der Waals surface area contributed by atoms with Crippen LogP contribution in [0, 0.1) is 10.8 Å². The maximum atomic E-state index is 13.2. The van der Waals surface area contributed by atoms with Gasteiger partial charge in [0.1, 0.15) is 11.2 Å². The molecule has 2 unspecified atom stereocenters. The second-order valence-electron chi connectivity index (χ2n) is 13.6. The van der Waals surface area contributed by atoms with Crippen molar-refractivity contribution in [1.29, 1.82) is 0 Å². The number of rotatable bonds is 10. The Morgan fingerprint density at radius 2 is 1.36 bits per heavy atom. The third-order valence-corrected chi connectivity index (χ3v) is 7.60. The molecule has 9 heteroatoms. The van der Waals surface area contributed by atoms with Crippen LogP contribution in [0.25, 0.3) is 0 Å². The summed E-state index contributed by atoms with van der Waals surface area (Å²) in [6, 6.07) is 12.7. The summed E-state index contributed by atoms with van der Waals surface area (Å²) in [4.78, 5) is 53.1. The normalized spacial score (nSPS) is 20.4. The molecular formula is C33H42N2O7. The number of amides is 1. The highest BCUT2D eigenvalue weighted by Gasteiger charge is 2.41. The maximum absolute atomic E-state index is 13.2. The Labute approximate surface area is 247 Å². The molecule has 1 aliphatic carbocycles. The van der Waals surface area contributed by atoms with Gasteiger partial charge in [0, 0.05) is 17.7 Å². The molecule has 0 aliphatic heterocycles. The van der Waals surface area contributed by atoms with E-state index in [4.69, 9.17) is 4.74 Å². The quantitative estimate of drug-likeness (QED) is 0.196. The molecule has 3 rings (SSSR count). The molecule has 226 valence electrons. The third kappa shape index (κ3) is 8.44. The first kappa shape index (κ1) is 32.9. The second-order valence-corrected chi connectivity index (χ2v) is 13.6. The molecular weight excluding hydrogens is 536 g/mol. The van der Waals surface area contributed by atoms with E-state index < -0.39 is 35.0 Å². The number of aliphatic hydroxyl groups is 2. The number of ketones is 2. The molecule has 1 fully saturated rings. The number of ether oxygens (including phenoxy) is 1. The smallest absolute Gasteiger partial charge is 0.408 e. The Bertz CT molecular complexity index is 1280. The minimum atomic E-state index is -1.54. The summed E-state index contributed by atoms with van der Waals surface area (Å²) in [5.41, 5.74) is -1.72. The lowest BCUT2D eigenvalue weighted by molar-refractivity contribution is 0.0487. The van der Waals surface area contributed by atoms with E-state index in [0.717, 1.165) is 12.8 Å². The van der Waals surface area contributed by atoms with Crippen LogP contribution in [-0.4, -0.2) is 57.7 Å². The van der Waals surface area contributed by atoms with Gasteiger partial charge in [0.25, 0.3) is 0 Å². The molecule has 2 atom stereocenters. The van der Waals surface area contributed by atoms with Crippen LogP contribution in [0.2, 0.25) is 0 Å². The topological polar surface area (TPSA) is 142 Å². The fraction of sp³-hybridized carbons (Fsp3) is 0.515. The van der Waals surface area contributed by atoms with Gasteiger partial charge >= 0.3 is 6.09 Å². The Morgan fingerprint density at radius 3 is 1.76 bits per heavy atom. The zero-order chi connectivity index (χ0) is 31.5. The fourth-order valence-electron chi connectivity index (χ4n) is 5.97. The number of hydrogen-bond donors (Lipinski definition) is 3. The van der Waals surface area contributed by atoms with Crippen molar-refractivity contribution in [3.8, 4) is 0 Å². The number of carbonyl (C=O) groups is 3. The molecule has 2 aromatic rings. The Balaban J connectivity index is 1.86. The highest BCUT2D eigenvalue weighted by atomic mass is 16.6. The predicted octanol–water partition coefficient (Wildman–Crippen LogP) is 5.33. The van der Waals surface area contributed by atoms with Gasteiger partial charge in [-0.3, -0.25) is 9.59 Å². The van der Waals surface area contributed by atoms with Crippen LogP contribution in [-0.2, 0) is 9.53 Å². The fourth-order valence-corrected chi connectivity index (χ4v) is 5.97. The van der Waals surface area contributed by atoms with Gasteiger partial charge in [0.15, 0.2) is 17.7 Å². The zero-order valence-electron chi connectivity index (χ0n) is 25.5. The predicted molar refractivity (Wildman–Crippen MR) is 158 cm³/mol. The van der Waals surface area contributed by atoms with E-state index in [0.29, 0.717) is 35.2 Å². The van der Waals surface area contributed by atoms with Crippen molar-refractivity contribution >= 4 is 23.7 Å². The van der Waals surface area contributed by atoms with E-state index >= 15 is 0 Å². The number of nitrogens with zero attached hydrogens (tertiary/aromatic N) is 1. The van der Waals surface area contributed by atoms with Gasteiger partial charge in [-0.1, -0.05) is 69.3 Å². The van der Waals surface area contributed by atoms with Gasteiger partial charge in [0.2, 0.25) is 6.08 Å². The van der Waals surface area contributed by atoms with Crippen LogP contribution in [0.3, 0.4) is 0 Å². The van der Waals surface area contributed by atoms with Crippen LogP contribution in [0.4, 0.5) is 4.79 Å². The highest BCUT2D eigenvalue weighted by Crippen LogP contribution is 2.46. The molecule has 2 aromatic carbocycles. The summed E-state index contributed by atoms with van der Waals surface area (Å²) in [5.74, 6) is -0.890. The minimum absolute atomic E-state index is 0.0727. The molecule has 3 N–H and O–H groups in total. The molecule has 1 amide bonds. The Kier molecular flexibility index (Phi) is 9.62. The monoisotopic (exact) mass is 578 g/mol. The maximum Gasteiger partial charge on any atom is 0.408 e. The molecule has 0 heterocycles. The van der Waals surface area contributed by atoms with E-state index in [9.17, 15) is 29.4 Å². The van der Waals surface area contributed by atoms with Gasteiger partial charge in [-0.25, -0.2) is 14.6 Å². The Morgan fingerprint density at radius 1 is 0.905 bits per heavy atom. The molecule has 0 aromatic heterocycles. The van der Waals surface area contributed by atoms with Crippen LogP contribution in [0.15, 0.2) is 53.5 Å². The Hall–Kier alpha value is -3.65. The first-order chi connectivity index (χ1) is 19.3. The van der Waals surface area contributed by atoms with Gasteiger partial charge in [-0.15, -0.1) is 0 Å². The van der Waals surface area contributed by atoms with Crippen molar-refractivity contribution in [3.63, 3.8) is 0 Å². The van der Waals surface area contributed by atoms with Crippen LogP contribution < -0.4 is 5.32 Å². The first-order valence-electron chi connectivity index (χ1n) is 14.1. The second kappa shape index (κ2) is 12.3. The summed E-state index contributed by atoms with van der Waals surface area (Å²) in [7, 11) is 0. The largest absolute Gasteiger partial charge is 0.436 e. The van der Waals surface area contributed by atoms with Crippen molar-refractivity contribution in [2.45, 2.75) is 91.1 Å². The van der Waals surface area contributed by atoms with Crippen molar-refractivity contribution in [3.05, 3.63) is 70.8 Å². The van der Waals surface area contributed by atoms with Gasteiger partial charge in [0.05, 0.1) is 6.04 Å². The number of isocyanates is 1. The molecule has 1 saturated carbocycles. The minimum Gasteiger partial charge on any atom is -0.436 e. The summed E-state index contributed by atoms with van der Waals surface area (Å²) < 4.78 is 5.92. The lowest BCUT2D eigenvalue weighted by atomic mass is 9.63. The van der Waals surface area contributed by atoms with E-state index in [1.807, 2.05) is 0 Å². The van der Waals surface area contributed by atoms with Crippen LogP contribution in [0.5, 0.6) is 0 Å². The molecule has 42 heavy (non-hydrogen) atoms. The number of alkyl carbamates (subject to hydrolysis) is 1. The number of nitrogens with one attached hydrogen (secondary N) is 1. The van der Waals surface area contributed by atoms with Gasteiger partial charge < -0.3 is 20.3 Å². The van der Waals surface area contributed by atoms with Crippen molar-refractivity contribution in [2.24, 2.45) is 15.8 Å². The average molecular weight is 579 g/mol. The standard InChI is InChI=1S/C33H42N2O7/c1-30(2)16-25(35-20-36)17-33(7,18-30)19-34-29(39)42-26(21-8-12-23(13-9-21)27(37)31(3,4)40)22-10-14-24(15-11-22)28(38)32(5,6)41/h8-15,25-26,40-41H,16-19H2,1-7H3,(H,34,39). The molecule has 0 bridgehead atoms. The summed E-state index contributed by atoms with van der Waals surface area (Å²) in [6.45, 7) is 12.2. The molecule has 1 aliphatic rings. The average Bonchev–Trinajstić information content (AvgIpc) is 2.88. The SMILES string of the molecule is CC1(C)CC(N=C=O)CC(C)(CNC(=O)OC(c2ccc(C(=O)C(C)(C)O)cc2)c2ccc(C(=O)C(C)(C)O)cc2)C1. The molecule has 0 radical (unpaired) electrons. The number of benzene rings is 2. The van der Waals surface area contributed by atoms with E-state index in [2.05, 4.69) is 31.1 Å². The lowest BCUT2D eigenvalue weighted by Crippen LogP contribution is -2.45. The van der Waals surface area contributed by atoms with Gasteiger partial charge in [-0.2, -0.15) is 0 Å². The molecule has 0 spiro atoms. The van der Waals surface area contributed by atoms with Crippen LogP contribution >= 0.6 is 0 Å². The summed E-state index contributed by atoms with van der Waals surface area (Å²) >= 11 is 0. The summed E-state index contributed by atoms with van der Waals surface area (Å²) in [5, 5.41) is 23.1. The lowest BCUT2D eigenvalue weighted by Gasteiger charge is -2.45. The van der Waals surface area contributed by atoms with Crippen molar-refractivity contribution in [2.75, 3.05) is 6.54 Å². The third-order valence-electron chi connectivity index (χ3n) is 7.60. The number of carbonyl (C=O) groups excluding carboxylic acids is 4. The highest BCUT2D eigenvalue weighted by molar-refractivity contribution is 6.02. The van der Waals surface area contributed by atoms with Crippen LogP contribution in [0.1, 0.15) is 106 Å². The van der Waals surface area contributed by atoms with Gasteiger partial charge in [-0.05, 0) is 68.9 Å². The van der Waals surface area contributed by atoms with Crippen molar-refractivity contribution < 1.29 is 34.1 Å². The number of Topliss-reactive ketones (excluding diaryl/α,β-unsaturated/α-hetero) is 2.